The van der Waals surface area contributed by atoms with Crippen LogP contribution in [0.15, 0.2) is 127 Å². The number of nitriles is 1. The summed E-state index contributed by atoms with van der Waals surface area (Å²) < 4.78 is 0. The molecule has 0 saturated heterocycles. The van der Waals surface area contributed by atoms with Crippen LogP contribution in [0.5, 0.6) is 0 Å². The van der Waals surface area contributed by atoms with Gasteiger partial charge in [0.05, 0.1) is 11.6 Å². The van der Waals surface area contributed by atoms with Crippen molar-refractivity contribution in [2.75, 3.05) is 0 Å². The first-order chi connectivity index (χ1) is 17.8. The zero-order valence-corrected chi connectivity index (χ0v) is 19.6. The highest BCUT2D eigenvalue weighted by Crippen LogP contribution is 2.39. The topological polar surface area (TPSA) is 23.8 Å². The first-order valence-electron chi connectivity index (χ1n) is 12.2. The van der Waals surface area contributed by atoms with Gasteiger partial charge in [-0.25, -0.2) is 0 Å². The zero-order chi connectivity index (χ0) is 24.1. The predicted molar refractivity (Wildman–Crippen MR) is 152 cm³/mol. The summed E-state index contributed by atoms with van der Waals surface area (Å²) >= 11 is 0. The Balaban J connectivity index is 1.56. The van der Waals surface area contributed by atoms with Gasteiger partial charge in [-0.15, -0.1) is 0 Å². The maximum atomic E-state index is 10.0. The van der Waals surface area contributed by atoms with Crippen molar-refractivity contribution in [1.82, 2.24) is 0 Å². The van der Waals surface area contributed by atoms with E-state index in [1.807, 2.05) is 12.1 Å². The Morgan fingerprint density at radius 1 is 0.389 bits per heavy atom. The smallest absolute Gasteiger partial charge is 0.0992 e. The average molecular weight is 456 g/mol. The molecular weight excluding hydrogens is 434 g/mol. The van der Waals surface area contributed by atoms with Gasteiger partial charge in [0.15, 0.2) is 0 Å². The Morgan fingerprint density at radius 2 is 0.778 bits per heavy atom. The number of hydrogen-bond acceptors (Lipinski definition) is 1. The molecule has 7 aromatic carbocycles. The molecule has 0 aliphatic heterocycles. The van der Waals surface area contributed by atoms with E-state index in [4.69, 9.17) is 0 Å². The van der Waals surface area contributed by atoms with E-state index in [0.29, 0.717) is 5.56 Å². The van der Waals surface area contributed by atoms with E-state index in [0.717, 1.165) is 22.3 Å². The third kappa shape index (κ3) is 3.17. The van der Waals surface area contributed by atoms with Gasteiger partial charge in [-0.3, -0.25) is 0 Å². The van der Waals surface area contributed by atoms with Crippen molar-refractivity contribution in [1.29, 1.82) is 5.26 Å². The van der Waals surface area contributed by atoms with Gasteiger partial charge in [0.25, 0.3) is 0 Å². The molecule has 0 heterocycles. The summed E-state index contributed by atoms with van der Waals surface area (Å²) in [5, 5.41) is 19.7. The molecule has 0 radical (unpaired) electrons. The molecule has 1 nitrogen and oxygen atoms in total. The lowest BCUT2D eigenvalue weighted by atomic mass is 9.88. The van der Waals surface area contributed by atoms with E-state index < -0.39 is 0 Å². The van der Waals surface area contributed by atoms with E-state index in [-0.39, 0.29) is 0 Å². The molecule has 0 aromatic heterocycles. The van der Waals surface area contributed by atoms with Crippen LogP contribution in [0.2, 0.25) is 0 Å². The quantitative estimate of drug-likeness (QED) is 0.238. The van der Waals surface area contributed by atoms with Crippen LogP contribution in [-0.2, 0) is 0 Å². The lowest BCUT2D eigenvalue weighted by Gasteiger charge is -2.15. The minimum atomic E-state index is 0.664. The van der Waals surface area contributed by atoms with Crippen molar-refractivity contribution in [3.63, 3.8) is 0 Å². The molecule has 166 valence electrons. The molecule has 0 atom stereocenters. The van der Waals surface area contributed by atoms with E-state index in [9.17, 15) is 5.26 Å². The van der Waals surface area contributed by atoms with Crippen LogP contribution in [0.1, 0.15) is 5.56 Å². The Bertz CT molecular complexity index is 1870. The fourth-order valence-electron chi connectivity index (χ4n) is 5.59. The standard InChI is InChI=1S/C35H21N/c36-22-23-17-26(34-20-24-9-1-3-11-28(24)30-13-5-7-15-32(30)34)19-27(18-23)35-21-25-10-2-4-12-29(25)31-14-6-8-16-33(31)35/h1-21H. The second kappa shape index (κ2) is 8.08. The predicted octanol–water partition coefficient (Wildman–Crippen LogP) is 9.51. The van der Waals surface area contributed by atoms with Crippen LogP contribution < -0.4 is 0 Å². The third-order valence-corrected chi connectivity index (χ3v) is 7.22. The molecule has 0 aliphatic carbocycles. The fraction of sp³-hybridized carbons (Fsp3) is 0. The van der Waals surface area contributed by atoms with Gasteiger partial charge in [0.2, 0.25) is 0 Å². The van der Waals surface area contributed by atoms with E-state index in [1.165, 1.54) is 43.1 Å². The molecule has 0 saturated carbocycles. The van der Waals surface area contributed by atoms with Gasteiger partial charge in [-0.05, 0) is 95.7 Å². The molecule has 1 heteroatoms. The summed E-state index contributed by atoms with van der Waals surface area (Å²) in [6.07, 6.45) is 0. The van der Waals surface area contributed by atoms with Gasteiger partial charge < -0.3 is 0 Å². The van der Waals surface area contributed by atoms with Gasteiger partial charge in [-0.1, -0.05) is 97.1 Å². The van der Waals surface area contributed by atoms with Crippen molar-refractivity contribution in [2.24, 2.45) is 0 Å². The Kier molecular flexibility index (Phi) is 4.59. The molecule has 0 N–H and O–H groups in total. The summed E-state index contributed by atoms with van der Waals surface area (Å²) in [5.41, 5.74) is 5.07. The normalized spacial score (nSPS) is 11.3. The molecule has 0 bridgehead atoms. The molecule has 7 aromatic rings. The highest BCUT2D eigenvalue weighted by atomic mass is 14.2. The van der Waals surface area contributed by atoms with E-state index in [1.54, 1.807) is 0 Å². The molecule has 0 aliphatic rings. The number of benzene rings is 7. The van der Waals surface area contributed by atoms with Crippen molar-refractivity contribution in [3.8, 4) is 28.3 Å². The molecule has 0 unspecified atom stereocenters. The van der Waals surface area contributed by atoms with Gasteiger partial charge in [0, 0.05) is 0 Å². The Hall–Kier alpha value is -4.93. The monoisotopic (exact) mass is 455 g/mol. The maximum absolute atomic E-state index is 10.0. The third-order valence-electron chi connectivity index (χ3n) is 7.22. The van der Waals surface area contributed by atoms with E-state index in [2.05, 4.69) is 121 Å². The molecular formula is C35H21N. The SMILES string of the molecule is N#Cc1cc(-c2cc3ccccc3c3ccccc23)cc(-c2cc3ccccc3c3ccccc23)c1. The second-order valence-electron chi connectivity index (χ2n) is 9.29. The number of nitrogens with zero attached hydrogens (tertiary/aromatic N) is 1. The molecule has 36 heavy (non-hydrogen) atoms. The summed E-state index contributed by atoms with van der Waals surface area (Å²) in [6, 6.07) is 47.4. The molecule has 0 spiro atoms. The minimum absolute atomic E-state index is 0.664. The van der Waals surface area contributed by atoms with Gasteiger partial charge in [-0.2, -0.15) is 5.26 Å². The molecule has 7 rings (SSSR count). The van der Waals surface area contributed by atoms with Crippen LogP contribution in [-0.4, -0.2) is 0 Å². The van der Waals surface area contributed by atoms with Crippen LogP contribution >= 0.6 is 0 Å². The lowest BCUT2D eigenvalue weighted by molar-refractivity contribution is 1.48. The lowest BCUT2D eigenvalue weighted by Crippen LogP contribution is -1.90. The Morgan fingerprint density at radius 3 is 1.22 bits per heavy atom. The summed E-state index contributed by atoms with van der Waals surface area (Å²) in [5.74, 6) is 0. The summed E-state index contributed by atoms with van der Waals surface area (Å²) in [4.78, 5) is 0. The highest BCUT2D eigenvalue weighted by Gasteiger charge is 2.13. The average Bonchev–Trinajstić information content (AvgIpc) is 2.96. The van der Waals surface area contributed by atoms with Crippen molar-refractivity contribution < 1.29 is 0 Å². The number of hydrogen-bond donors (Lipinski definition) is 0. The van der Waals surface area contributed by atoms with Crippen molar-refractivity contribution in [3.05, 3.63) is 133 Å². The Labute approximate surface area is 209 Å². The number of fused-ring (bicyclic) bond motifs is 6. The van der Waals surface area contributed by atoms with Crippen LogP contribution in [0, 0.1) is 11.3 Å². The van der Waals surface area contributed by atoms with Gasteiger partial charge in [0.1, 0.15) is 0 Å². The minimum Gasteiger partial charge on any atom is -0.192 e. The number of rotatable bonds is 2. The first-order valence-corrected chi connectivity index (χ1v) is 12.2. The first kappa shape index (κ1) is 20.4. The highest BCUT2D eigenvalue weighted by molar-refractivity contribution is 6.15. The van der Waals surface area contributed by atoms with Crippen molar-refractivity contribution in [2.45, 2.75) is 0 Å². The van der Waals surface area contributed by atoms with E-state index >= 15 is 0 Å². The van der Waals surface area contributed by atoms with Crippen LogP contribution in [0.4, 0.5) is 0 Å². The molecule has 0 fully saturated rings. The molecule has 0 amide bonds. The summed E-state index contributed by atoms with van der Waals surface area (Å²) in [6.45, 7) is 0. The van der Waals surface area contributed by atoms with Gasteiger partial charge >= 0.3 is 0 Å². The van der Waals surface area contributed by atoms with Crippen molar-refractivity contribution >= 4 is 43.1 Å². The summed E-state index contributed by atoms with van der Waals surface area (Å²) in [7, 11) is 0. The maximum Gasteiger partial charge on any atom is 0.0992 e. The van der Waals surface area contributed by atoms with Crippen LogP contribution in [0.25, 0.3) is 65.3 Å². The fourth-order valence-corrected chi connectivity index (χ4v) is 5.59. The van der Waals surface area contributed by atoms with Crippen LogP contribution in [0.3, 0.4) is 0 Å². The second-order valence-corrected chi connectivity index (χ2v) is 9.29. The zero-order valence-electron chi connectivity index (χ0n) is 19.6. The largest absolute Gasteiger partial charge is 0.192 e.